The summed E-state index contributed by atoms with van der Waals surface area (Å²) in [5.41, 5.74) is 12.9. The molecule has 1 atom stereocenters. The van der Waals surface area contributed by atoms with Gasteiger partial charge in [0.2, 0.25) is 5.78 Å². The highest BCUT2D eigenvalue weighted by Gasteiger charge is 2.23. The number of aryl methyl sites for hydroxylation is 1. The van der Waals surface area contributed by atoms with Crippen LogP contribution in [0.1, 0.15) is 46.6 Å². The molecule has 4 nitrogen and oxygen atoms in total. The number of nitrogens with two attached hydrogens (primary N) is 2. The van der Waals surface area contributed by atoms with Gasteiger partial charge in [-0.25, -0.2) is 4.39 Å². The van der Waals surface area contributed by atoms with Crippen molar-refractivity contribution >= 4 is 23.1 Å². The molecule has 0 spiro atoms. The number of ketones is 1. The number of nitrogens with zero attached hydrogens (tertiary/aromatic N) is 1. The number of pyridine rings is 1. The van der Waals surface area contributed by atoms with Gasteiger partial charge in [-0.2, -0.15) is 0 Å². The van der Waals surface area contributed by atoms with Crippen molar-refractivity contribution in [1.82, 2.24) is 4.98 Å². The van der Waals surface area contributed by atoms with Gasteiger partial charge in [0.1, 0.15) is 11.5 Å². The topological polar surface area (TPSA) is 82.0 Å². The first-order valence-electron chi connectivity index (χ1n) is 6.87. The molecule has 0 fully saturated rings. The molecule has 2 rings (SSSR count). The maximum absolute atomic E-state index is 14.6. The summed E-state index contributed by atoms with van der Waals surface area (Å²) < 4.78 is 14.6. The van der Waals surface area contributed by atoms with Crippen molar-refractivity contribution in [3.8, 4) is 0 Å². The van der Waals surface area contributed by atoms with Crippen molar-refractivity contribution in [2.75, 3.05) is 5.73 Å². The van der Waals surface area contributed by atoms with Crippen LogP contribution in [-0.4, -0.2) is 10.8 Å². The molecule has 1 heterocycles. The Bertz CT molecular complexity index is 734. The van der Waals surface area contributed by atoms with Crippen LogP contribution in [0.5, 0.6) is 0 Å². The van der Waals surface area contributed by atoms with Gasteiger partial charge in [0.25, 0.3) is 0 Å². The molecule has 1 aromatic carbocycles. The van der Waals surface area contributed by atoms with Gasteiger partial charge in [-0.1, -0.05) is 24.6 Å². The zero-order valence-electron chi connectivity index (χ0n) is 12.4. The van der Waals surface area contributed by atoms with Crippen LogP contribution < -0.4 is 11.5 Å². The van der Waals surface area contributed by atoms with Gasteiger partial charge < -0.3 is 11.5 Å². The van der Waals surface area contributed by atoms with E-state index in [-0.39, 0.29) is 21.8 Å². The average Bonchev–Trinajstić information content (AvgIpc) is 2.49. The van der Waals surface area contributed by atoms with E-state index in [2.05, 4.69) is 4.98 Å². The number of anilines is 1. The summed E-state index contributed by atoms with van der Waals surface area (Å²) in [4.78, 5) is 16.5. The fourth-order valence-electron chi connectivity index (χ4n) is 2.10. The fraction of sp³-hybridized carbons (Fsp3) is 0.250. The smallest absolute Gasteiger partial charge is 0.215 e. The lowest BCUT2D eigenvalue weighted by atomic mass is 9.98. The van der Waals surface area contributed by atoms with E-state index in [9.17, 15) is 9.18 Å². The number of rotatable bonds is 4. The maximum atomic E-state index is 14.6. The molecule has 0 amide bonds. The molecule has 0 aliphatic rings. The summed E-state index contributed by atoms with van der Waals surface area (Å²) in [5.74, 6) is -1.28. The van der Waals surface area contributed by atoms with Crippen LogP contribution in [0.3, 0.4) is 0 Å². The first kappa shape index (κ1) is 16.4. The predicted octanol–water partition coefficient (Wildman–Crippen LogP) is 3.41. The van der Waals surface area contributed by atoms with E-state index in [0.29, 0.717) is 17.7 Å². The van der Waals surface area contributed by atoms with Crippen LogP contribution in [0.2, 0.25) is 5.02 Å². The second-order valence-corrected chi connectivity index (χ2v) is 5.50. The van der Waals surface area contributed by atoms with E-state index >= 15 is 0 Å². The summed E-state index contributed by atoms with van der Waals surface area (Å²) in [5, 5.41) is 0.0332. The SMILES string of the molecule is CCC(N)c1ccc(Cl)c(C(=O)c2cc(C)c(N)cn2)c1F. The summed E-state index contributed by atoms with van der Waals surface area (Å²) in [6.07, 6.45) is 1.92. The lowest BCUT2D eigenvalue weighted by Crippen LogP contribution is -2.15. The molecule has 22 heavy (non-hydrogen) atoms. The third-order valence-corrected chi connectivity index (χ3v) is 3.89. The largest absolute Gasteiger partial charge is 0.397 e. The van der Waals surface area contributed by atoms with Crippen molar-refractivity contribution in [2.24, 2.45) is 5.73 Å². The summed E-state index contributed by atoms with van der Waals surface area (Å²) >= 11 is 6.01. The van der Waals surface area contributed by atoms with Crippen molar-refractivity contribution in [2.45, 2.75) is 26.3 Å². The van der Waals surface area contributed by atoms with E-state index < -0.39 is 17.6 Å². The van der Waals surface area contributed by atoms with Crippen LogP contribution in [0.25, 0.3) is 0 Å². The number of carbonyl (C=O) groups excluding carboxylic acids is 1. The van der Waals surface area contributed by atoms with E-state index in [1.807, 2.05) is 6.92 Å². The van der Waals surface area contributed by atoms with Crippen molar-refractivity contribution < 1.29 is 9.18 Å². The van der Waals surface area contributed by atoms with Crippen LogP contribution in [0.15, 0.2) is 24.4 Å². The highest BCUT2D eigenvalue weighted by Crippen LogP contribution is 2.28. The van der Waals surface area contributed by atoms with Crippen LogP contribution in [0.4, 0.5) is 10.1 Å². The monoisotopic (exact) mass is 321 g/mol. The first-order chi connectivity index (χ1) is 10.4. The Kier molecular flexibility index (Phi) is 4.78. The normalized spacial score (nSPS) is 12.2. The fourth-order valence-corrected chi connectivity index (χ4v) is 2.33. The lowest BCUT2D eigenvalue weighted by Gasteiger charge is -2.14. The van der Waals surface area contributed by atoms with E-state index in [1.54, 1.807) is 6.92 Å². The number of aromatic nitrogens is 1. The predicted molar refractivity (Wildman–Crippen MR) is 85.4 cm³/mol. The minimum absolute atomic E-state index is 0.0332. The van der Waals surface area contributed by atoms with Crippen LogP contribution >= 0.6 is 11.6 Å². The molecule has 116 valence electrons. The van der Waals surface area contributed by atoms with Gasteiger partial charge in [-0.3, -0.25) is 9.78 Å². The highest BCUT2D eigenvalue weighted by atomic mass is 35.5. The Morgan fingerprint density at radius 3 is 2.73 bits per heavy atom. The zero-order valence-corrected chi connectivity index (χ0v) is 13.1. The summed E-state index contributed by atoms with van der Waals surface area (Å²) in [7, 11) is 0. The molecule has 0 saturated carbocycles. The lowest BCUT2D eigenvalue weighted by molar-refractivity contribution is 0.103. The van der Waals surface area contributed by atoms with Gasteiger partial charge in [0.15, 0.2) is 0 Å². The quantitative estimate of drug-likeness (QED) is 0.845. The Hall–Kier alpha value is -1.98. The van der Waals surface area contributed by atoms with Crippen molar-refractivity contribution in [1.29, 1.82) is 0 Å². The Balaban J connectivity index is 2.55. The highest BCUT2D eigenvalue weighted by molar-refractivity contribution is 6.35. The van der Waals surface area contributed by atoms with Crippen molar-refractivity contribution in [3.63, 3.8) is 0 Å². The van der Waals surface area contributed by atoms with E-state index in [0.717, 1.165) is 0 Å². The minimum atomic E-state index is -0.692. The van der Waals surface area contributed by atoms with E-state index in [4.69, 9.17) is 23.1 Å². The number of halogens is 2. The molecule has 6 heteroatoms. The molecular formula is C16H17ClFN3O. The van der Waals surface area contributed by atoms with Gasteiger partial charge >= 0.3 is 0 Å². The van der Waals surface area contributed by atoms with Gasteiger partial charge in [-0.15, -0.1) is 0 Å². The molecule has 0 aliphatic carbocycles. The molecule has 2 aromatic rings. The molecule has 0 bridgehead atoms. The number of hydrogen-bond acceptors (Lipinski definition) is 4. The Morgan fingerprint density at radius 2 is 2.14 bits per heavy atom. The average molecular weight is 322 g/mol. The van der Waals surface area contributed by atoms with Gasteiger partial charge in [-0.05, 0) is 31.0 Å². The molecule has 1 unspecified atom stereocenters. The molecule has 1 aromatic heterocycles. The van der Waals surface area contributed by atoms with Crippen LogP contribution in [-0.2, 0) is 0 Å². The summed E-state index contributed by atoms with van der Waals surface area (Å²) in [6, 6.07) is 4.00. The number of hydrogen-bond donors (Lipinski definition) is 2. The zero-order chi connectivity index (χ0) is 16.4. The molecule has 0 aliphatic heterocycles. The molecule has 0 saturated heterocycles. The molecule has 4 N–H and O–H groups in total. The second kappa shape index (κ2) is 6.42. The molecule has 0 radical (unpaired) electrons. The third kappa shape index (κ3) is 2.96. The van der Waals surface area contributed by atoms with Gasteiger partial charge in [0.05, 0.1) is 22.5 Å². The number of carbonyl (C=O) groups is 1. The molecular weight excluding hydrogens is 305 g/mol. The third-order valence-electron chi connectivity index (χ3n) is 3.57. The number of benzene rings is 1. The van der Waals surface area contributed by atoms with E-state index in [1.165, 1.54) is 24.4 Å². The minimum Gasteiger partial charge on any atom is -0.397 e. The van der Waals surface area contributed by atoms with Crippen molar-refractivity contribution in [3.05, 3.63) is 57.6 Å². The van der Waals surface area contributed by atoms with Crippen LogP contribution in [0, 0.1) is 12.7 Å². The van der Waals surface area contributed by atoms with Gasteiger partial charge in [0, 0.05) is 11.6 Å². The summed E-state index contributed by atoms with van der Waals surface area (Å²) in [6.45, 7) is 3.58. The second-order valence-electron chi connectivity index (χ2n) is 5.10. The Morgan fingerprint density at radius 1 is 1.45 bits per heavy atom. The Labute approximate surface area is 133 Å². The number of nitrogen functional groups attached to an aromatic ring is 1. The first-order valence-corrected chi connectivity index (χ1v) is 7.24. The standard InChI is InChI=1S/C16H17ClFN3O/c1-3-11(19)9-4-5-10(17)14(15(9)18)16(22)13-6-8(2)12(20)7-21-13/h4-7,11H,3,19-20H2,1-2H3. The maximum Gasteiger partial charge on any atom is 0.215 e.